The van der Waals surface area contributed by atoms with Crippen molar-refractivity contribution in [1.82, 2.24) is 4.90 Å². The average Bonchev–Trinajstić information content (AvgIpc) is 2.73. The van der Waals surface area contributed by atoms with E-state index in [1.54, 1.807) is 17.2 Å². The maximum absolute atomic E-state index is 11.3. The molecule has 82 valence electrons. The third-order valence-corrected chi connectivity index (χ3v) is 2.41. The Kier molecular flexibility index (Phi) is 3.05. The van der Waals surface area contributed by atoms with Gasteiger partial charge < -0.3 is 4.74 Å². The van der Waals surface area contributed by atoms with Crippen LogP contribution in [0.3, 0.4) is 0 Å². The first-order valence-electron chi connectivity index (χ1n) is 5.14. The zero-order valence-corrected chi connectivity index (χ0v) is 8.93. The molecule has 0 spiro atoms. The molecular formula is C13H13NO2. The van der Waals surface area contributed by atoms with Gasteiger partial charge in [-0.15, -0.1) is 0 Å². The van der Waals surface area contributed by atoms with Gasteiger partial charge in [0.25, 0.3) is 0 Å². The number of rotatable bonds is 3. The van der Waals surface area contributed by atoms with Gasteiger partial charge in [0.05, 0.1) is 6.54 Å². The highest BCUT2D eigenvalue weighted by molar-refractivity contribution is 5.78. The Balaban J connectivity index is 2.26. The quantitative estimate of drug-likeness (QED) is 0.725. The fourth-order valence-electron chi connectivity index (χ4n) is 1.57. The second kappa shape index (κ2) is 4.66. The van der Waals surface area contributed by atoms with Crippen LogP contribution in [0.1, 0.15) is 5.56 Å². The predicted molar refractivity (Wildman–Crippen MR) is 62.7 cm³/mol. The van der Waals surface area contributed by atoms with Crippen LogP contribution in [0.15, 0.2) is 49.2 Å². The summed E-state index contributed by atoms with van der Waals surface area (Å²) in [5, 5.41) is 0. The highest BCUT2D eigenvalue weighted by Crippen LogP contribution is 2.17. The van der Waals surface area contributed by atoms with E-state index in [9.17, 15) is 4.79 Å². The molecule has 16 heavy (non-hydrogen) atoms. The van der Waals surface area contributed by atoms with Gasteiger partial charge in [-0.1, -0.05) is 43.0 Å². The van der Waals surface area contributed by atoms with Crippen LogP contribution in [0.4, 0.5) is 4.79 Å². The highest BCUT2D eigenvalue weighted by atomic mass is 16.6. The number of hydrogen-bond acceptors (Lipinski definition) is 2. The van der Waals surface area contributed by atoms with Gasteiger partial charge in [0.1, 0.15) is 6.61 Å². The van der Waals surface area contributed by atoms with E-state index in [4.69, 9.17) is 4.74 Å². The van der Waals surface area contributed by atoms with Crippen LogP contribution in [0, 0.1) is 0 Å². The van der Waals surface area contributed by atoms with E-state index < -0.39 is 0 Å². The van der Waals surface area contributed by atoms with Crippen molar-refractivity contribution < 1.29 is 9.53 Å². The molecule has 1 aromatic rings. The normalized spacial score (nSPS) is 16.1. The molecule has 1 aliphatic rings. The van der Waals surface area contributed by atoms with Crippen LogP contribution in [-0.2, 0) is 4.74 Å². The fourth-order valence-corrected chi connectivity index (χ4v) is 1.57. The zero-order valence-electron chi connectivity index (χ0n) is 8.93. The minimum absolute atomic E-state index is 0.296. The van der Waals surface area contributed by atoms with Gasteiger partial charge in [-0.3, -0.25) is 4.90 Å². The molecule has 0 radical (unpaired) electrons. The highest BCUT2D eigenvalue weighted by Gasteiger charge is 2.20. The first-order chi connectivity index (χ1) is 7.81. The maximum Gasteiger partial charge on any atom is 0.414 e. The monoisotopic (exact) mass is 215 g/mol. The zero-order chi connectivity index (χ0) is 11.4. The molecule has 1 aromatic carbocycles. The van der Waals surface area contributed by atoms with Crippen molar-refractivity contribution >= 4 is 11.7 Å². The number of ether oxygens (including phenoxy) is 1. The van der Waals surface area contributed by atoms with E-state index in [1.807, 2.05) is 30.3 Å². The van der Waals surface area contributed by atoms with E-state index in [0.29, 0.717) is 13.2 Å². The van der Waals surface area contributed by atoms with E-state index >= 15 is 0 Å². The maximum atomic E-state index is 11.3. The van der Waals surface area contributed by atoms with Gasteiger partial charge in [-0.25, -0.2) is 4.79 Å². The Labute approximate surface area is 94.6 Å². The SMILES string of the molecule is C=C/C(=C/N1CCOC1=O)c1ccccc1. The van der Waals surface area contributed by atoms with Crippen LogP contribution in [-0.4, -0.2) is 24.1 Å². The van der Waals surface area contributed by atoms with E-state index in [2.05, 4.69) is 6.58 Å². The summed E-state index contributed by atoms with van der Waals surface area (Å²) in [6.07, 6.45) is 3.22. The minimum Gasteiger partial charge on any atom is -0.447 e. The summed E-state index contributed by atoms with van der Waals surface area (Å²) in [7, 11) is 0. The third-order valence-electron chi connectivity index (χ3n) is 2.41. The first kappa shape index (κ1) is 10.5. The molecule has 1 fully saturated rings. The molecule has 2 rings (SSSR count). The molecule has 0 unspecified atom stereocenters. The van der Waals surface area contributed by atoms with Crippen molar-refractivity contribution in [3.05, 3.63) is 54.8 Å². The average molecular weight is 215 g/mol. The Morgan fingerprint density at radius 3 is 2.69 bits per heavy atom. The Bertz CT molecular complexity index is 423. The topological polar surface area (TPSA) is 29.5 Å². The molecule has 1 aliphatic heterocycles. The lowest BCUT2D eigenvalue weighted by Gasteiger charge is -2.09. The molecular weight excluding hydrogens is 202 g/mol. The number of hydrogen-bond donors (Lipinski definition) is 0. The first-order valence-corrected chi connectivity index (χ1v) is 5.14. The molecule has 0 saturated carbocycles. The number of carbonyl (C=O) groups excluding carboxylic acids is 1. The number of cyclic esters (lactones) is 1. The van der Waals surface area contributed by atoms with Crippen molar-refractivity contribution in [2.24, 2.45) is 0 Å². The standard InChI is InChI=1S/C13H13NO2/c1-2-11(12-6-4-3-5-7-12)10-14-8-9-16-13(14)15/h2-7,10H,1,8-9H2/b11-10-. The minimum atomic E-state index is -0.296. The van der Waals surface area contributed by atoms with Crippen LogP contribution < -0.4 is 0 Å². The van der Waals surface area contributed by atoms with Crippen molar-refractivity contribution in [3.8, 4) is 0 Å². The van der Waals surface area contributed by atoms with Crippen molar-refractivity contribution in [2.75, 3.05) is 13.2 Å². The molecule has 0 N–H and O–H groups in total. The molecule has 0 bridgehead atoms. The van der Waals surface area contributed by atoms with Crippen LogP contribution in [0.25, 0.3) is 5.57 Å². The summed E-state index contributed by atoms with van der Waals surface area (Å²) in [5.41, 5.74) is 1.96. The van der Waals surface area contributed by atoms with Gasteiger partial charge >= 0.3 is 6.09 Å². The number of nitrogens with zero attached hydrogens (tertiary/aromatic N) is 1. The van der Waals surface area contributed by atoms with E-state index in [-0.39, 0.29) is 6.09 Å². The smallest absolute Gasteiger partial charge is 0.414 e. The van der Waals surface area contributed by atoms with Crippen molar-refractivity contribution in [2.45, 2.75) is 0 Å². The van der Waals surface area contributed by atoms with Crippen molar-refractivity contribution in [1.29, 1.82) is 0 Å². The second-order valence-electron chi connectivity index (χ2n) is 3.46. The number of carbonyl (C=O) groups is 1. The molecule has 0 atom stereocenters. The molecule has 0 aliphatic carbocycles. The van der Waals surface area contributed by atoms with E-state index in [1.165, 1.54) is 0 Å². The predicted octanol–water partition coefficient (Wildman–Crippen LogP) is 2.67. The van der Waals surface area contributed by atoms with Gasteiger partial charge in [0.2, 0.25) is 0 Å². The largest absolute Gasteiger partial charge is 0.447 e. The summed E-state index contributed by atoms with van der Waals surface area (Å²) in [6.45, 7) is 4.81. The Hall–Kier alpha value is -2.03. The van der Waals surface area contributed by atoms with Gasteiger partial charge in [-0.2, -0.15) is 0 Å². The van der Waals surface area contributed by atoms with Crippen molar-refractivity contribution in [3.63, 3.8) is 0 Å². The third kappa shape index (κ3) is 2.14. The summed E-state index contributed by atoms with van der Waals surface area (Å²) >= 11 is 0. The summed E-state index contributed by atoms with van der Waals surface area (Å²) in [5.74, 6) is 0. The molecule has 0 aromatic heterocycles. The molecule has 1 amide bonds. The number of allylic oxidation sites excluding steroid dienone is 2. The second-order valence-corrected chi connectivity index (χ2v) is 3.46. The van der Waals surface area contributed by atoms with Crippen LogP contribution >= 0.6 is 0 Å². The molecule has 1 saturated heterocycles. The van der Waals surface area contributed by atoms with Gasteiger partial charge in [0, 0.05) is 6.20 Å². The summed E-state index contributed by atoms with van der Waals surface area (Å²) < 4.78 is 4.85. The lowest BCUT2D eigenvalue weighted by atomic mass is 10.1. The van der Waals surface area contributed by atoms with E-state index in [0.717, 1.165) is 11.1 Å². The summed E-state index contributed by atoms with van der Waals surface area (Å²) in [6, 6.07) is 9.82. The molecule has 3 heteroatoms. The van der Waals surface area contributed by atoms with Gasteiger partial charge in [0.15, 0.2) is 0 Å². The molecule has 3 nitrogen and oxygen atoms in total. The van der Waals surface area contributed by atoms with Crippen LogP contribution in [0.2, 0.25) is 0 Å². The number of benzene rings is 1. The molecule has 1 heterocycles. The van der Waals surface area contributed by atoms with Gasteiger partial charge in [-0.05, 0) is 11.1 Å². The Morgan fingerprint density at radius 2 is 2.12 bits per heavy atom. The Morgan fingerprint density at radius 1 is 1.38 bits per heavy atom. The lowest BCUT2D eigenvalue weighted by Crippen LogP contribution is -2.17. The number of amides is 1. The fraction of sp³-hybridized carbons (Fsp3) is 0.154. The van der Waals surface area contributed by atoms with Crippen LogP contribution in [0.5, 0.6) is 0 Å². The summed E-state index contributed by atoms with van der Waals surface area (Å²) in [4.78, 5) is 12.8. The lowest BCUT2D eigenvalue weighted by molar-refractivity contribution is 0.166.